The highest BCUT2D eigenvalue weighted by Crippen LogP contribution is 2.28. The van der Waals surface area contributed by atoms with Gasteiger partial charge in [-0.3, -0.25) is 4.79 Å². The number of esters is 1. The topological polar surface area (TPSA) is 94.1 Å². The standard InChI is InChI=1S/C21H20N4O3S/c1-4-28-20(27)16-7-9-18(24-14(16)3)19(26)25-17-8-6-15(12-13(17)2)29-21-22-10-5-11-23-21/h5-12H,4H2,1-3H3,(H,25,26). The van der Waals surface area contributed by atoms with Gasteiger partial charge >= 0.3 is 5.97 Å². The van der Waals surface area contributed by atoms with E-state index in [0.717, 1.165) is 10.5 Å². The first kappa shape index (κ1) is 20.5. The van der Waals surface area contributed by atoms with Gasteiger partial charge in [0, 0.05) is 23.0 Å². The number of hydrogen-bond donors (Lipinski definition) is 1. The quantitative estimate of drug-likeness (QED) is 0.485. The van der Waals surface area contributed by atoms with Gasteiger partial charge in [0.2, 0.25) is 0 Å². The fourth-order valence-corrected chi connectivity index (χ4v) is 3.39. The van der Waals surface area contributed by atoms with Crippen LogP contribution in [0.15, 0.2) is 58.8 Å². The summed E-state index contributed by atoms with van der Waals surface area (Å²) in [5, 5.41) is 3.52. The van der Waals surface area contributed by atoms with E-state index < -0.39 is 5.97 Å². The zero-order chi connectivity index (χ0) is 20.8. The predicted octanol–water partition coefficient (Wildman–Crippen LogP) is 4.07. The van der Waals surface area contributed by atoms with Crippen LogP contribution < -0.4 is 5.32 Å². The molecular formula is C21H20N4O3S. The first-order chi connectivity index (χ1) is 14.0. The minimum atomic E-state index is -0.448. The summed E-state index contributed by atoms with van der Waals surface area (Å²) in [6.45, 7) is 5.60. The van der Waals surface area contributed by atoms with Crippen molar-refractivity contribution in [3.05, 3.63) is 71.3 Å². The Morgan fingerprint density at radius 3 is 2.52 bits per heavy atom. The number of rotatable bonds is 6. The highest BCUT2D eigenvalue weighted by molar-refractivity contribution is 7.99. The van der Waals surface area contributed by atoms with Crippen molar-refractivity contribution in [2.45, 2.75) is 30.8 Å². The maximum absolute atomic E-state index is 12.6. The minimum Gasteiger partial charge on any atom is -0.462 e. The molecule has 0 radical (unpaired) electrons. The van der Waals surface area contributed by atoms with E-state index in [1.54, 1.807) is 38.4 Å². The molecule has 0 saturated carbocycles. The monoisotopic (exact) mass is 408 g/mol. The van der Waals surface area contributed by atoms with Crippen LogP contribution in [0.5, 0.6) is 0 Å². The zero-order valence-corrected chi connectivity index (χ0v) is 17.1. The summed E-state index contributed by atoms with van der Waals surface area (Å²) in [6.07, 6.45) is 3.39. The molecule has 2 aromatic heterocycles. The molecule has 3 rings (SSSR count). The fourth-order valence-electron chi connectivity index (χ4n) is 2.58. The number of amides is 1. The Morgan fingerprint density at radius 1 is 1.10 bits per heavy atom. The molecule has 1 N–H and O–H groups in total. The van der Waals surface area contributed by atoms with Crippen molar-refractivity contribution in [2.75, 3.05) is 11.9 Å². The van der Waals surface area contributed by atoms with E-state index in [-0.39, 0.29) is 18.2 Å². The van der Waals surface area contributed by atoms with Gasteiger partial charge in [-0.1, -0.05) is 0 Å². The van der Waals surface area contributed by atoms with E-state index in [1.165, 1.54) is 17.8 Å². The summed E-state index contributed by atoms with van der Waals surface area (Å²) in [5.41, 5.74) is 2.61. The second kappa shape index (κ2) is 9.29. The Morgan fingerprint density at radius 2 is 1.86 bits per heavy atom. The number of hydrogen-bond acceptors (Lipinski definition) is 7. The molecule has 7 nitrogen and oxygen atoms in total. The largest absolute Gasteiger partial charge is 0.462 e. The summed E-state index contributed by atoms with van der Waals surface area (Å²) in [5.74, 6) is -0.797. The summed E-state index contributed by atoms with van der Waals surface area (Å²) >= 11 is 1.44. The van der Waals surface area contributed by atoms with Crippen LogP contribution in [-0.4, -0.2) is 33.4 Å². The second-order valence-electron chi connectivity index (χ2n) is 6.11. The number of anilines is 1. The lowest BCUT2D eigenvalue weighted by Crippen LogP contribution is -2.16. The van der Waals surface area contributed by atoms with Crippen LogP contribution in [0.1, 0.15) is 39.0 Å². The van der Waals surface area contributed by atoms with Crippen LogP contribution in [0.4, 0.5) is 5.69 Å². The number of ether oxygens (including phenoxy) is 1. The third-order valence-electron chi connectivity index (χ3n) is 4.01. The lowest BCUT2D eigenvalue weighted by molar-refractivity contribution is 0.0524. The van der Waals surface area contributed by atoms with Gasteiger partial charge in [0.25, 0.3) is 5.91 Å². The highest BCUT2D eigenvalue weighted by Gasteiger charge is 2.15. The van der Waals surface area contributed by atoms with E-state index in [9.17, 15) is 9.59 Å². The van der Waals surface area contributed by atoms with Crippen molar-refractivity contribution in [2.24, 2.45) is 0 Å². The molecule has 148 valence electrons. The molecule has 0 aliphatic carbocycles. The van der Waals surface area contributed by atoms with Crippen molar-refractivity contribution in [1.82, 2.24) is 15.0 Å². The van der Waals surface area contributed by atoms with Gasteiger partial charge in [-0.2, -0.15) is 0 Å². The van der Waals surface area contributed by atoms with Crippen LogP contribution >= 0.6 is 11.8 Å². The molecule has 0 atom stereocenters. The highest BCUT2D eigenvalue weighted by atomic mass is 32.2. The van der Waals surface area contributed by atoms with Crippen molar-refractivity contribution < 1.29 is 14.3 Å². The van der Waals surface area contributed by atoms with Crippen LogP contribution in [0.2, 0.25) is 0 Å². The summed E-state index contributed by atoms with van der Waals surface area (Å²) < 4.78 is 4.98. The normalized spacial score (nSPS) is 10.4. The number of carbonyl (C=O) groups is 2. The fraction of sp³-hybridized carbons (Fsp3) is 0.190. The Hall–Kier alpha value is -3.26. The van der Waals surface area contributed by atoms with Gasteiger partial charge < -0.3 is 10.1 Å². The molecule has 8 heteroatoms. The second-order valence-corrected chi connectivity index (χ2v) is 7.15. The molecule has 0 spiro atoms. The SMILES string of the molecule is CCOC(=O)c1ccc(C(=O)Nc2ccc(Sc3ncccn3)cc2C)nc1C. The number of pyridine rings is 1. The van der Waals surface area contributed by atoms with Crippen molar-refractivity contribution in [1.29, 1.82) is 0 Å². The summed E-state index contributed by atoms with van der Waals surface area (Å²) in [7, 11) is 0. The van der Waals surface area contributed by atoms with Crippen LogP contribution in [0.3, 0.4) is 0 Å². The lowest BCUT2D eigenvalue weighted by atomic mass is 10.1. The predicted molar refractivity (Wildman–Crippen MR) is 110 cm³/mol. The summed E-state index contributed by atoms with van der Waals surface area (Å²) in [6, 6.07) is 10.5. The first-order valence-corrected chi connectivity index (χ1v) is 9.81. The number of nitrogens with zero attached hydrogens (tertiary/aromatic N) is 3. The first-order valence-electron chi connectivity index (χ1n) is 8.99. The molecule has 3 aromatic rings. The molecule has 1 amide bonds. The van der Waals surface area contributed by atoms with Gasteiger partial charge in [0.05, 0.1) is 17.9 Å². The van der Waals surface area contributed by atoms with Gasteiger partial charge in [0.1, 0.15) is 5.69 Å². The molecule has 0 unspecified atom stereocenters. The van der Waals surface area contributed by atoms with Crippen molar-refractivity contribution in [3.63, 3.8) is 0 Å². The molecule has 0 bridgehead atoms. The molecule has 1 aromatic carbocycles. The van der Waals surface area contributed by atoms with E-state index >= 15 is 0 Å². The Kier molecular flexibility index (Phi) is 6.56. The molecule has 29 heavy (non-hydrogen) atoms. The number of benzene rings is 1. The third-order valence-corrected chi connectivity index (χ3v) is 4.89. The van der Waals surface area contributed by atoms with Gasteiger partial charge in [0.15, 0.2) is 5.16 Å². The van der Waals surface area contributed by atoms with Gasteiger partial charge in [-0.15, -0.1) is 0 Å². The van der Waals surface area contributed by atoms with E-state index in [2.05, 4.69) is 20.3 Å². The average Bonchev–Trinajstić information content (AvgIpc) is 2.70. The number of carbonyl (C=O) groups excluding carboxylic acids is 2. The van der Waals surface area contributed by atoms with Crippen LogP contribution in [0.25, 0.3) is 0 Å². The number of nitrogens with one attached hydrogen (secondary N) is 1. The number of aromatic nitrogens is 3. The van der Waals surface area contributed by atoms with Gasteiger partial charge in [-0.05, 0) is 74.5 Å². The molecule has 0 saturated heterocycles. The van der Waals surface area contributed by atoms with Crippen LogP contribution in [0, 0.1) is 13.8 Å². The molecule has 0 fully saturated rings. The Balaban J connectivity index is 1.72. The van der Waals surface area contributed by atoms with E-state index in [1.807, 2.05) is 25.1 Å². The van der Waals surface area contributed by atoms with E-state index in [4.69, 9.17) is 4.74 Å². The maximum Gasteiger partial charge on any atom is 0.339 e. The molecule has 0 aliphatic rings. The van der Waals surface area contributed by atoms with Crippen molar-refractivity contribution >= 4 is 29.3 Å². The average molecular weight is 408 g/mol. The minimum absolute atomic E-state index is 0.228. The molecular weight excluding hydrogens is 388 g/mol. The third kappa shape index (κ3) is 5.17. The van der Waals surface area contributed by atoms with Gasteiger partial charge in [-0.25, -0.2) is 19.7 Å². The molecule has 0 aliphatic heterocycles. The van der Waals surface area contributed by atoms with Crippen LogP contribution in [-0.2, 0) is 4.74 Å². The smallest absolute Gasteiger partial charge is 0.339 e. The molecule has 2 heterocycles. The zero-order valence-electron chi connectivity index (χ0n) is 16.3. The maximum atomic E-state index is 12.6. The Bertz CT molecular complexity index is 1040. The number of aryl methyl sites for hydroxylation is 2. The van der Waals surface area contributed by atoms with Crippen molar-refractivity contribution in [3.8, 4) is 0 Å². The van der Waals surface area contributed by atoms with E-state index in [0.29, 0.717) is 22.1 Å². The lowest BCUT2D eigenvalue weighted by Gasteiger charge is -2.11. The summed E-state index contributed by atoms with van der Waals surface area (Å²) in [4.78, 5) is 38.1. The Labute approximate surface area is 173 Å².